The third-order valence-corrected chi connectivity index (χ3v) is 4.74. The fourth-order valence-corrected chi connectivity index (χ4v) is 3.17. The predicted octanol–water partition coefficient (Wildman–Crippen LogP) is 2.41. The molecule has 0 amide bonds. The van der Waals surface area contributed by atoms with Crippen LogP contribution in [0.3, 0.4) is 0 Å². The van der Waals surface area contributed by atoms with Gasteiger partial charge in [-0.2, -0.15) is 4.98 Å². The van der Waals surface area contributed by atoms with Crippen LogP contribution in [0.25, 0.3) is 0 Å². The Hall–Kier alpha value is -1.72. The molecule has 1 aromatic carbocycles. The Kier molecular flexibility index (Phi) is 4.78. The minimum absolute atomic E-state index is 0.133. The molecule has 1 atom stereocenters. The average Bonchev–Trinajstić information content (AvgIpc) is 2.97. The number of piperidine rings is 1. The molecule has 2 heterocycles. The molecule has 5 nitrogen and oxygen atoms in total. The highest BCUT2D eigenvalue weighted by Crippen LogP contribution is 2.28. The van der Waals surface area contributed by atoms with Crippen LogP contribution in [-0.2, 0) is 19.4 Å². The largest absolute Gasteiger partial charge is 0.338 e. The van der Waals surface area contributed by atoms with E-state index in [4.69, 9.17) is 10.3 Å². The van der Waals surface area contributed by atoms with Crippen molar-refractivity contribution in [3.63, 3.8) is 0 Å². The minimum atomic E-state index is 0.133. The molecule has 124 valence electrons. The average molecular weight is 314 g/mol. The third kappa shape index (κ3) is 4.18. The molecule has 1 saturated heterocycles. The van der Waals surface area contributed by atoms with Crippen molar-refractivity contribution >= 4 is 0 Å². The predicted molar refractivity (Wildman–Crippen MR) is 89.8 cm³/mol. The van der Waals surface area contributed by atoms with E-state index in [2.05, 4.69) is 53.2 Å². The molecule has 2 aromatic rings. The van der Waals surface area contributed by atoms with Crippen molar-refractivity contribution in [2.45, 2.75) is 45.7 Å². The van der Waals surface area contributed by atoms with E-state index >= 15 is 0 Å². The monoisotopic (exact) mass is 314 g/mol. The van der Waals surface area contributed by atoms with Crippen molar-refractivity contribution in [3.8, 4) is 0 Å². The molecule has 0 bridgehead atoms. The zero-order chi connectivity index (χ0) is 16.3. The van der Waals surface area contributed by atoms with Gasteiger partial charge in [-0.05, 0) is 23.8 Å². The van der Waals surface area contributed by atoms with Crippen LogP contribution in [0, 0.1) is 5.41 Å². The molecule has 0 aliphatic carbocycles. The summed E-state index contributed by atoms with van der Waals surface area (Å²) in [5.41, 5.74) is 7.62. The maximum Gasteiger partial charge on any atom is 0.240 e. The molecule has 0 spiro atoms. The summed E-state index contributed by atoms with van der Waals surface area (Å²) >= 11 is 0. The second-order valence-electron chi connectivity index (χ2n) is 7.18. The number of rotatable bonds is 5. The number of hydrogen-bond acceptors (Lipinski definition) is 5. The SMILES string of the molecule is CC1(C)CN(Cc2nc(CCc3ccccc3)no2)CCC1N. The van der Waals surface area contributed by atoms with E-state index in [1.54, 1.807) is 0 Å². The lowest BCUT2D eigenvalue weighted by molar-refractivity contribution is 0.0811. The topological polar surface area (TPSA) is 68.2 Å². The Morgan fingerprint density at radius 2 is 2.04 bits per heavy atom. The van der Waals surface area contributed by atoms with Gasteiger partial charge >= 0.3 is 0 Å². The van der Waals surface area contributed by atoms with Gasteiger partial charge in [0.15, 0.2) is 5.82 Å². The molecule has 3 rings (SSSR count). The van der Waals surface area contributed by atoms with Crippen LogP contribution in [-0.4, -0.2) is 34.2 Å². The van der Waals surface area contributed by atoms with Crippen LogP contribution in [0.5, 0.6) is 0 Å². The Labute approximate surface area is 137 Å². The van der Waals surface area contributed by atoms with Crippen molar-refractivity contribution in [2.24, 2.45) is 11.1 Å². The number of benzene rings is 1. The van der Waals surface area contributed by atoms with E-state index in [-0.39, 0.29) is 11.5 Å². The van der Waals surface area contributed by atoms with E-state index in [0.29, 0.717) is 12.4 Å². The van der Waals surface area contributed by atoms with Gasteiger partial charge in [-0.15, -0.1) is 0 Å². The zero-order valence-electron chi connectivity index (χ0n) is 14.0. The van der Waals surface area contributed by atoms with E-state index in [1.807, 2.05) is 6.07 Å². The molecule has 23 heavy (non-hydrogen) atoms. The van der Waals surface area contributed by atoms with Gasteiger partial charge in [0.05, 0.1) is 6.54 Å². The van der Waals surface area contributed by atoms with E-state index < -0.39 is 0 Å². The maximum absolute atomic E-state index is 6.19. The number of nitrogens with zero attached hydrogens (tertiary/aromatic N) is 3. The highest BCUT2D eigenvalue weighted by atomic mass is 16.5. The number of likely N-dealkylation sites (tertiary alicyclic amines) is 1. The summed E-state index contributed by atoms with van der Waals surface area (Å²) < 4.78 is 5.42. The summed E-state index contributed by atoms with van der Waals surface area (Å²) in [5, 5.41) is 4.11. The Morgan fingerprint density at radius 1 is 1.26 bits per heavy atom. The Balaban J connectivity index is 1.53. The maximum atomic E-state index is 6.19. The van der Waals surface area contributed by atoms with Crippen LogP contribution in [0.2, 0.25) is 0 Å². The van der Waals surface area contributed by atoms with E-state index in [0.717, 1.165) is 38.2 Å². The van der Waals surface area contributed by atoms with Gasteiger partial charge in [-0.1, -0.05) is 49.3 Å². The van der Waals surface area contributed by atoms with Crippen LogP contribution in [0.15, 0.2) is 34.9 Å². The quantitative estimate of drug-likeness (QED) is 0.918. The minimum Gasteiger partial charge on any atom is -0.338 e. The molecule has 2 N–H and O–H groups in total. The fraction of sp³-hybridized carbons (Fsp3) is 0.556. The summed E-state index contributed by atoms with van der Waals surface area (Å²) in [7, 11) is 0. The highest BCUT2D eigenvalue weighted by Gasteiger charge is 2.33. The molecule has 1 aliphatic heterocycles. The van der Waals surface area contributed by atoms with Gasteiger partial charge in [0.2, 0.25) is 5.89 Å². The summed E-state index contributed by atoms with van der Waals surface area (Å²) in [6.45, 7) is 7.13. The van der Waals surface area contributed by atoms with Crippen molar-refractivity contribution in [1.82, 2.24) is 15.0 Å². The van der Waals surface area contributed by atoms with Crippen LogP contribution < -0.4 is 5.73 Å². The first-order valence-electron chi connectivity index (χ1n) is 8.36. The summed E-state index contributed by atoms with van der Waals surface area (Å²) in [4.78, 5) is 6.89. The lowest BCUT2D eigenvalue weighted by Crippen LogP contribution is -2.52. The van der Waals surface area contributed by atoms with Gasteiger partial charge in [-0.3, -0.25) is 4.90 Å². The van der Waals surface area contributed by atoms with Crippen molar-refractivity contribution < 1.29 is 4.52 Å². The van der Waals surface area contributed by atoms with Gasteiger partial charge in [0.25, 0.3) is 0 Å². The van der Waals surface area contributed by atoms with Crippen LogP contribution in [0.4, 0.5) is 0 Å². The van der Waals surface area contributed by atoms with Crippen molar-refractivity contribution in [3.05, 3.63) is 47.6 Å². The molecule has 1 unspecified atom stereocenters. The molecule has 5 heteroatoms. The fourth-order valence-electron chi connectivity index (χ4n) is 3.17. The number of aromatic nitrogens is 2. The number of hydrogen-bond donors (Lipinski definition) is 1. The number of nitrogens with two attached hydrogens (primary N) is 1. The summed E-state index contributed by atoms with van der Waals surface area (Å²) in [5.74, 6) is 1.50. The molecule has 1 fully saturated rings. The summed E-state index contributed by atoms with van der Waals surface area (Å²) in [6.07, 6.45) is 2.76. The molecule has 1 aromatic heterocycles. The van der Waals surface area contributed by atoms with Gasteiger partial charge in [-0.25, -0.2) is 0 Å². The second kappa shape index (κ2) is 6.81. The van der Waals surface area contributed by atoms with Crippen LogP contribution >= 0.6 is 0 Å². The van der Waals surface area contributed by atoms with Gasteiger partial charge in [0, 0.05) is 25.6 Å². The van der Waals surface area contributed by atoms with Gasteiger partial charge < -0.3 is 10.3 Å². The van der Waals surface area contributed by atoms with Crippen molar-refractivity contribution in [2.75, 3.05) is 13.1 Å². The van der Waals surface area contributed by atoms with E-state index in [9.17, 15) is 0 Å². The summed E-state index contributed by atoms with van der Waals surface area (Å²) in [6, 6.07) is 10.7. The third-order valence-electron chi connectivity index (χ3n) is 4.74. The smallest absolute Gasteiger partial charge is 0.240 e. The standard InChI is InChI=1S/C18H26N4O/c1-18(2)13-22(11-10-15(18)19)12-17-20-16(21-23-17)9-8-14-6-4-3-5-7-14/h3-7,15H,8-13,19H2,1-2H3. The second-order valence-corrected chi connectivity index (χ2v) is 7.18. The zero-order valence-corrected chi connectivity index (χ0v) is 14.0. The van der Waals surface area contributed by atoms with E-state index in [1.165, 1.54) is 5.56 Å². The first-order valence-corrected chi connectivity index (χ1v) is 8.36. The normalized spacial score (nSPS) is 21.4. The molecule has 0 radical (unpaired) electrons. The lowest BCUT2D eigenvalue weighted by Gasteiger charge is -2.42. The molecule has 1 aliphatic rings. The van der Waals surface area contributed by atoms with Crippen LogP contribution in [0.1, 0.15) is 37.5 Å². The number of aryl methyl sites for hydroxylation is 2. The Morgan fingerprint density at radius 3 is 2.78 bits per heavy atom. The molecular weight excluding hydrogens is 288 g/mol. The molecule has 0 saturated carbocycles. The lowest BCUT2D eigenvalue weighted by atomic mass is 9.80. The van der Waals surface area contributed by atoms with Gasteiger partial charge in [0.1, 0.15) is 0 Å². The van der Waals surface area contributed by atoms with Crippen molar-refractivity contribution in [1.29, 1.82) is 0 Å². The first-order chi connectivity index (χ1) is 11.0. The first kappa shape index (κ1) is 16.1. The molecular formula is C18H26N4O. The Bertz CT molecular complexity index is 623. The highest BCUT2D eigenvalue weighted by molar-refractivity contribution is 5.15.